The van der Waals surface area contributed by atoms with Gasteiger partial charge in [0.05, 0.1) is 5.69 Å². The molecular formula is C25H35ClN2O3. The molecule has 2 aromatic rings. The van der Waals surface area contributed by atoms with E-state index in [0.717, 1.165) is 53.8 Å². The first-order valence-corrected chi connectivity index (χ1v) is 11.4. The highest BCUT2D eigenvalue weighted by Gasteiger charge is 2.29. The smallest absolute Gasteiger partial charge is 0.303 e. The van der Waals surface area contributed by atoms with Gasteiger partial charge in [0.15, 0.2) is 5.78 Å². The topological polar surface area (TPSA) is 72.1 Å². The Morgan fingerprint density at radius 1 is 1.26 bits per heavy atom. The van der Waals surface area contributed by atoms with Crippen molar-refractivity contribution in [1.29, 1.82) is 0 Å². The molecular weight excluding hydrogens is 412 g/mol. The molecule has 0 spiro atoms. The molecule has 0 amide bonds. The molecule has 0 fully saturated rings. The summed E-state index contributed by atoms with van der Waals surface area (Å²) < 4.78 is 4.80. The van der Waals surface area contributed by atoms with Crippen molar-refractivity contribution in [3.8, 4) is 11.3 Å². The van der Waals surface area contributed by atoms with E-state index in [-0.39, 0.29) is 23.3 Å². The Balaban J connectivity index is 0.000000366. The van der Waals surface area contributed by atoms with E-state index in [1.807, 2.05) is 47.7 Å². The van der Waals surface area contributed by atoms with Gasteiger partial charge in [-0.3, -0.25) is 9.59 Å². The summed E-state index contributed by atoms with van der Waals surface area (Å²) in [6, 6.07) is 0. The summed E-state index contributed by atoms with van der Waals surface area (Å²) >= 11 is 6.24. The number of nitrogens with zero attached hydrogens (tertiary/aromatic N) is 1. The Kier molecular flexibility index (Phi) is 8.09. The van der Waals surface area contributed by atoms with Gasteiger partial charge < -0.3 is 9.72 Å². The highest BCUT2D eigenvalue weighted by molar-refractivity contribution is 6.30. The molecule has 1 aliphatic carbocycles. The molecule has 31 heavy (non-hydrogen) atoms. The van der Waals surface area contributed by atoms with Gasteiger partial charge in [-0.2, -0.15) is 0 Å². The summed E-state index contributed by atoms with van der Waals surface area (Å²) in [6.07, 6.45) is 5.58. The summed E-state index contributed by atoms with van der Waals surface area (Å²) in [5, 5.41) is 0.542. The second-order valence-electron chi connectivity index (χ2n) is 9.38. The number of carbonyl (C=O) groups is 2. The number of rotatable bonds is 4. The molecule has 170 valence electrons. The summed E-state index contributed by atoms with van der Waals surface area (Å²) in [7, 11) is 0. The Hall–Kier alpha value is -2.14. The van der Waals surface area contributed by atoms with E-state index < -0.39 is 0 Å². The maximum atomic E-state index is 12.8. The summed E-state index contributed by atoms with van der Waals surface area (Å²) in [5.74, 6) is 0.0266. The van der Waals surface area contributed by atoms with E-state index in [4.69, 9.17) is 16.3 Å². The molecule has 1 aliphatic rings. The molecule has 0 saturated heterocycles. The van der Waals surface area contributed by atoms with Crippen molar-refractivity contribution < 1.29 is 14.3 Å². The Morgan fingerprint density at radius 3 is 2.39 bits per heavy atom. The molecule has 5 nitrogen and oxygen atoms in total. The van der Waals surface area contributed by atoms with Crippen LogP contribution in [0.5, 0.6) is 0 Å². The van der Waals surface area contributed by atoms with Crippen LogP contribution in [0.3, 0.4) is 0 Å². The van der Waals surface area contributed by atoms with Crippen molar-refractivity contribution in [1.82, 2.24) is 9.97 Å². The summed E-state index contributed by atoms with van der Waals surface area (Å²) in [4.78, 5) is 30.9. The lowest BCUT2D eigenvalue weighted by Gasteiger charge is -2.20. The average Bonchev–Trinajstić information content (AvgIpc) is 3.00. The Bertz CT molecular complexity index is 968. The van der Waals surface area contributed by atoms with Gasteiger partial charge in [0, 0.05) is 35.9 Å². The second kappa shape index (κ2) is 9.99. The SMILES string of the molecule is CC(=O)OC(C)(C)C.CCCc1[nH]c2c(c1C(=O)C(C)C)CCc1cnc(Cl)c(C)c1-2. The number of aryl methyl sites for hydroxylation is 2. The standard InChI is InChI=1S/C19H23ClN2O.C6H12O2/c1-5-6-14-16(18(23)10(2)3)13-8-7-12-9-21-19(20)11(4)15(12)17(13)22-14;1-5(7)8-6(2,3)4/h9-10,22H,5-8H2,1-4H3;1-4H3. The highest BCUT2D eigenvalue weighted by Crippen LogP contribution is 2.40. The number of aromatic amines is 1. The predicted molar refractivity (Wildman–Crippen MR) is 126 cm³/mol. The maximum absolute atomic E-state index is 12.8. The molecule has 0 radical (unpaired) electrons. The normalized spacial score (nSPS) is 12.6. The van der Waals surface area contributed by atoms with E-state index in [2.05, 4.69) is 16.9 Å². The molecule has 6 heteroatoms. The number of carbonyl (C=O) groups excluding carboxylic acids is 2. The number of ether oxygens (including phenoxy) is 1. The average molecular weight is 447 g/mol. The van der Waals surface area contributed by atoms with Crippen LogP contribution in [0.4, 0.5) is 0 Å². The fourth-order valence-corrected chi connectivity index (χ4v) is 4.09. The van der Waals surface area contributed by atoms with Gasteiger partial charge in [-0.1, -0.05) is 38.8 Å². The molecule has 0 aliphatic heterocycles. The van der Waals surface area contributed by atoms with Gasteiger partial charge in [-0.25, -0.2) is 4.98 Å². The van der Waals surface area contributed by atoms with Gasteiger partial charge in [0.25, 0.3) is 0 Å². The Labute approximate surface area is 190 Å². The first kappa shape index (κ1) is 25.1. The number of hydrogen-bond donors (Lipinski definition) is 1. The van der Waals surface area contributed by atoms with Crippen LogP contribution in [0, 0.1) is 12.8 Å². The zero-order chi connectivity index (χ0) is 23.5. The van der Waals surface area contributed by atoms with Gasteiger partial charge >= 0.3 is 5.97 Å². The van der Waals surface area contributed by atoms with E-state index in [1.54, 1.807) is 0 Å². The van der Waals surface area contributed by atoms with Crippen molar-refractivity contribution in [2.24, 2.45) is 5.92 Å². The van der Waals surface area contributed by atoms with Crippen LogP contribution in [0.15, 0.2) is 6.20 Å². The van der Waals surface area contributed by atoms with E-state index in [9.17, 15) is 9.59 Å². The number of pyridine rings is 1. The van der Waals surface area contributed by atoms with E-state index >= 15 is 0 Å². The zero-order valence-electron chi connectivity index (χ0n) is 20.0. The number of esters is 1. The second-order valence-corrected chi connectivity index (χ2v) is 9.74. The number of hydrogen-bond acceptors (Lipinski definition) is 4. The number of ketones is 1. The van der Waals surface area contributed by atoms with Crippen LogP contribution in [0.2, 0.25) is 5.15 Å². The minimum atomic E-state index is -0.328. The fraction of sp³-hybridized carbons (Fsp3) is 0.560. The number of H-pyrrole nitrogens is 1. The first-order chi connectivity index (χ1) is 14.4. The lowest BCUT2D eigenvalue weighted by molar-refractivity contribution is -0.151. The highest BCUT2D eigenvalue weighted by atomic mass is 35.5. The summed E-state index contributed by atoms with van der Waals surface area (Å²) in [6.45, 7) is 15.0. The third-order valence-corrected chi connectivity index (χ3v) is 5.52. The molecule has 0 unspecified atom stereocenters. The van der Waals surface area contributed by atoms with E-state index in [0.29, 0.717) is 5.15 Å². The third kappa shape index (κ3) is 5.97. The molecule has 0 aromatic carbocycles. The number of Topliss-reactive ketones (excluding diaryl/α,β-unsaturated/α-hetero) is 1. The molecule has 3 rings (SSSR count). The van der Waals surface area contributed by atoms with Crippen molar-refractivity contribution in [3.63, 3.8) is 0 Å². The van der Waals surface area contributed by atoms with Gasteiger partial charge in [-0.15, -0.1) is 0 Å². The van der Waals surface area contributed by atoms with Crippen LogP contribution in [-0.4, -0.2) is 27.3 Å². The molecule has 0 bridgehead atoms. The number of fused-ring (bicyclic) bond motifs is 3. The van der Waals surface area contributed by atoms with Gasteiger partial charge in [-0.05, 0) is 63.6 Å². The Morgan fingerprint density at radius 2 is 1.90 bits per heavy atom. The van der Waals surface area contributed by atoms with Crippen molar-refractivity contribution >= 4 is 23.4 Å². The maximum Gasteiger partial charge on any atom is 0.303 e. The number of halogens is 1. The predicted octanol–water partition coefficient (Wildman–Crippen LogP) is 6.28. The van der Waals surface area contributed by atoms with Gasteiger partial charge in [0.2, 0.25) is 0 Å². The van der Waals surface area contributed by atoms with Crippen LogP contribution < -0.4 is 0 Å². The van der Waals surface area contributed by atoms with Crippen LogP contribution in [0.1, 0.15) is 87.6 Å². The molecule has 2 aromatic heterocycles. The molecule has 0 saturated carbocycles. The number of aromatic nitrogens is 2. The summed E-state index contributed by atoms with van der Waals surface area (Å²) in [5.41, 5.74) is 7.29. The van der Waals surface area contributed by atoms with Crippen molar-refractivity contribution in [2.45, 2.75) is 86.7 Å². The van der Waals surface area contributed by atoms with Crippen molar-refractivity contribution in [2.75, 3.05) is 0 Å². The quantitative estimate of drug-likeness (QED) is 0.341. The van der Waals surface area contributed by atoms with Crippen LogP contribution in [-0.2, 0) is 28.8 Å². The minimum absolute atomic E-state index is 0.00836. The molecule has 2 heterocycles. The monoisotopic (exact) mass is 446 g/mol. The third-order valence-electron chi connectivity index (χ3n) is 5.14. The lowest BCUT2D eigenvalue weighted by Crippen LogP contribution is -2.21. The molecule has 1 N–H and O–H groups in total. The zero-order valence-corrected chi connectivity index (χ0v) is 20.8. The molecule has 0 atom stereocenters. The van der Waals surface area contributed by atoms with E-state index in [1.165, 1.54) is 18.1 Å². The van der Waals surface area contributed by atoms with Crippen molar-refractivity contribution in [3.05, 3.63) is 39.3 Å². The van der Waals surface area contributed by atoms with Crippen LogP contribution >= 0.6 is 11.6 Å². The lowest BCUT2D eigenvalue weighted by atomic mass is 9.85. The van der Waals surface area contributed by atoms with Crippen LogP contribution in [0.25, 0.3) is 11.3 Å². The minimum Gasteiger partial charge on any atom is -0.460 e. The number of nitrogens with one attached hydrogen (secondary N) is 1. The fourth-order valence-electron chi connectivity index (χ4n) is 3.95. The van der Waals surface area contributed by atoms with Gasteiger partial charge in [0.1, 0.15) is 10.8 Å². The first-order valence-electron chi connectivity index (χ1n) is 11.0. The largest absolute Gasteiger partial charge is 0.460 e.